The Morgan fingerprint density at radius 3 is 1.64 bits per heavy atom. The van der Waals surface area contributed by atoms with Crippen LogP contribution in [0.15, 0.2) is 0 Å². The van der Waals surface area contributed by atoms with Gasteiger partial charge < -0.3 is 14.6 Å². The zero-order valence-corrected chi connectivity index (χ0v) is 18.4. The molecule has 0 radical (unpaired) electrons. The van der Waals surface area contributed by atoms with Gasteiger partial charge >= 0.3 is 11.9 Å². The Balaban J connectivity index is 0.000000546. The topological polar surface area (TPSA) is 76.1 Å². The van der Waals surface area contributed by atoms with E-state index in [4.69, 9.17) is 14.6 Å². The Hall–Kier alpha value is -1.10. The van der Waals surface area contributed by atoms with Gasteiger partial charge in [0.15, 0.2) is 0 Å². The van der Waals surface area contributed by atoms with E-state index in [-0.39, 0.29) is 12.1 Å². The van der Waals surface area contributed by atoms with Crippen LogP contribution < -0.4 is 0 Å². The van der Waals surface area contributed by atoms with Gasteiger partial charge in [-0.15, -0.1) is 0 Å². The quantitative estimate of drug-likeness (QED) is 0.166. The lowest BCUT2D eigenvalue weighted by Crippen LogP contribution is -2.09. The van der Waals surface area contributed by atoms with Crippen molar-refractivity contribution in [3.63, 3.8) is 0 Å². The van der Waals surface area contributed by atoms with Crippen LogP contribution in [-0.4, -0.2) is 36.4 Å². The van der Waals surface area contributed by atoms with Crippen molar-refractivity contribution in [2.45, 2.75) is 123 Å². The van der Waals surface area contributed by atoms with E-state index < -0.39 is 5.97 Å². The molecule has 0 aromatic heterocycles. The largest absolute Gasteiger partial charge is 0.481 e. The first-order valence-corrected chi connectivity index (χ1v) is 11.6. The molecule has 1 aliphatic heterocycles. The molecule has 1 saturated heterocycles. The molecular weight excluding hydrogens is 356 g/mol. The molecule has 1 unspecified atom stereocenters. The molecule has 0 amide bonds. The van der Waals surface area contributed by atoms with Crippen LogP contribution in [0.1, 0.15) is 117 Å². The molecule has 1 aliphatic rings. The molecule has 5 heteroatoms. The molecule has 0 aromatic rings. The van der Waals surface area contributed by atoms with Crippen molar-refractivity contribution in [2.75, 3.05) is 13.2 Å². The predicted octanol–water partition coefficient (Wildman–Crippen LogP) is 6.28. The second-order valence-corrected chi connectivity index (χ2v) is 7.77. The second-order valence-electron chi connectivity index (χ2n) is 7.77. The first-order chi connectivity index (χ1) is 13.6. The maximum Gasteiger partial charge on any atom is 0.305 e. The summed E-state index contributed by atoms with van der Waals surface area (Å²) in [6, 6.07) is 0. The number of carbonyl (C=O) groups is 2. The van der Waals surface area contributed by atoms with Crippen molar-refractivity contribution in [3.8, 4) is 0 Å². The average Bonchev–Trinajstić information content (AvgIpc) is 3.50. The third-order valence-electron chi connectivity index (χ3n) is 4.81. The highest BCUT2D eigenvalue weighted by Crippen LogP contribution is 2.11. The molecule has 0 bridgehead atoms. The fraction of sp³-hybridized carbons (Fsp3) is 0.913. The first kappa shape index (κ1) is 26.9. The fourth-order valence-corrected chi connectivity index (χ4v) is 2.88. The number of carbonyl (C=O) groups excluding carboxylic acids is 1. The molecule has 1 rings (SSSR count). The molecule has 28 heavy (non-hydrogen) atoms. The molecule has 1 fully saturated rings. The summed E-state index contributed by atoms with van der Waals surface area (Å²) in [5, 5.41) is 8.35. The Kier molecular flexibility index (Phi) is 19.8. The SMILES string of the molecule is CCCCCCCCCC(=O)O.CCCCCCCCCC(=O)OCC1CO1. The van der Waals surface area contributed by atoms with Gasteiger partial charge in [-0.1, -0.05) is 90.9 Å². The highest BCUT2D eigenvalue weighted by molar-refractivity contribution is 5.69. The summed E-state index contributed by atoms with van der Waals surface area (Å²) in [5.74, 6) is -0.729. The molecule has 0 aromatic carbocycles. The Labute approximate surface area is 172 Å². The Bertz CT molecular complexity index is 366. The van der Waals surface area contributed by atoms with E-state index in [1.165, 1.54) is 64.2 Å². The van der Waals surface area contributed by atoms with Gasteiger partial charge in [0.2, 0.25) is 0 Å². The van der Waals surface area contributed by atoms with Crippen molar-refractivity contribution in [1.82, 2.24) is 0 Å². The van der Waals surface area contributed by atoms with Crippen LogP contribution in [0.4, 0.5) is 0 Å². The number of unbranched alkanes of at least 4 members (excludes halogenated alkanes) is 12. The zero-order chi connectivity index (χ0) is 20.9. The minimum Gasteiger partial charge on any atom is -0.481 e. The van der Waals surface area contributed by atoms with Crippen LogP contribution >= 0.6 is 0 Å². The maximum absolute atomic E-state index is 11.2. The number of ether oxygens (including phenoxy) is 2. The first-order valence-electron chi connectivity index (χ1n) is 11.6. The molecule has 1 N–H and O–H groups in total. The van der Waals surface area contributed by atoms with Crippen molar-refractivity contribution in [2.24, 2.45) is 0 Å². The normalized spacial score (nSPS) is 14.9. The number of carboxylic acids is 1. The lowest BCUT2D eigenvalue weighted by atomic mass is 10.1. The third kappa shape index (κ3) is 22.9. The summed E-state index contributed by atoms with van der Waals surface area (Å²) in [5.41, 5.74) is 0. The standard InChI is InChI=1S/C13H24O3.C10H20O2/c1-2-3-4-5-6-7-8-9-13(14)16-11-12-10-15-12;1-2-3-4-5-6-7-8-9-10(11)12/h12H,2-11H2,1H3;2-9H2,1H3,(H,11,12). The van der Waals surface area contributed by atoms with E-state index in [1.807, 2.05) is 0 Å². The number of hydrogen-bond acceptors (Lipinski definition) is 4. The third-order valence-corrected chi connectivity index (χ3v) is 4.81. The van der Waals surface area contributed by atoms with E-state index in [9.17, 15) is 9.59 Å². The highest BCUT2D eigenvalue weighted by Gasteiger charge is 2.23. The van der Waals surface area contributed by atoms with Crippen LogP contribution in [0.5, 0.6) is 0 Å². The minimum atomic E-state index is -0.663. The molecule has 1 heterocycles. The van der Waals surface area contributed by atoms with Gasteiger partial charge in [-0.05, 0) is 12.8 Å². The van der Waals surface area contributed by atoms with Crippen LogP contribution in [0.2, 0.25) is 0 Å². The number of rotatable bonds is 18. The maximum atomic E-state index is 11.2. The van der Waals surface area contributed by atoms with Gasteiger partial charge in [0, 0.05) is 12.8 Å². The van der Waals surface area contributed by atoms with Gasteiger partial charge in [-0.3, -0.25) is 9.59 Å². The summed E-state index contributed by atoms with van der Waals surface area (Å²) in [6.07, 6.45) is 18.0. The predicted molar refractivity (Wildman–Crippen MR) is 114 cm³/mol. The van der Waals surface area contributed by atoms with E-state index in [2.05, 4.69) is 13.8 Å². The lowest BCUT2D eigenvalue weighted by Gasteiger charge is -2.02. The van der Waals surface area contributed by atoms with E-state index >= 15 is 0 Å². The molecule has 1 atom stereocenters. The lowest BCUT2D eigenvalue weighted by molar-refractivity contribution is -0.144. The van der Waals surface area contributed by atoms with E-state index in [0.29, 0.717) is 19.4 Å². The Morgan fingerprint density at radius 2 is 1.21 bits per heavy atom. The van der Waals surface area contributed by atoms with Crippen LogP contribution in [0.25, 0.3) is 0 Å². The smallest absolute Gasteiger partial charge is 0.305 e. The van der Waals surface area contributed by atoms with Crippen molar-refractivity contribution < 1.29 is 24.2 Å². The van der Waals surface area contributed by atoms with Gasteiger partial charge in [0.25, 0.3) is 0 Å². The number of aliphatic carboxylic acids is 1. The molecule has 166 valence electrons. The highest BCUT2D eigenvalue weighted by atomic mass is 16.6. The van der Waals surface area contributed by atoms with Crippen LogP contribution in [0, 0.1) is 0 Å². The van der Waals surface area contributed by atoms with Gasteiger partial charge in [0.05, 0.1) is 6.61 Å². The number of carboxylic acid groups (broad SMARTS) is 1. The molecule has 0 saturated carbocycles. The molecular formula is C23H44O5. The number of esters is 1. The number of hydrogen-bond donors (Lipinski definition) is 1. The zero-order valence-electron chi connectivity index (χ0n) is 18.4. The second kappa shape index (κ2) is 20.6. The molecule has 5 nitrogen and oxygen atoms in total. The van der Waals surface area contributed by atoms with Crippen molar-refractivity contribution in [1.29, 1.82) is 0 Å². The summed E-state index contributed by atoms with van der Waals surface area (Å²) < 4.78 is 10.0. The van der Waals surface area contributed by atoms with Gasteiger partial charge in [-0.25, -0.2) is 0 Å². The summed E-state index contributed by atoms with van der Waals surface area (Å²) in [7, 11) is 0. The fourth-order valence-electron chi connectivity index (χ4n) is 2.88. The van der Waals surface area contributed by atoms with Crippen LogP contribution in [-0.2, 0) is 19.1 Å². The summed E-state index contributed by atoms with van der Waals surface area (Å²) >= 11 is 0. The van der Waals surface area contributed by atoms with E-state index in [0.717, 1.165) is 32.3 Å². The van der Waals surface area contributed by atoms with Gasteiger partial charge in [0.1, 0.15) is 12.7 Å². The Morgan fingerprint density at radius 1 is 0.786 bits per heavy atom. The molecule has 0 aliphatic carbocycles. The molecule has 0 spiro atoms. The van der Waals surface area contributed by atoms with Gasteiger partial charge in [-0.2, -0.15) is 0 Å². The van der Waals surface area contributed by atoms with Crippen LogP contribution in [0.3, 0.4) is 0 Å². The minimum absolute atomic E-state index is 0.0657. The van der Waals surface area contributed by atoms with Crippen molar-refractivity contribution >= 4 is 11.9 Å². The van der Waals surface area contributed by atoms with E-state index in [1.54, 1.807) is 0 Å². The number of epoxide rings is 1. The van der Waals surface area contributed by atoms with Crippen molar-refractivity contribution in [3.05, 3.63) is 0 Å². The average molecular weight is 401 g/mol. The summed E-state index contributed by atoms with van der Waals surface area (Å²) in [4.78, 5) is 21.4. The monoisotopic (exact) mass is 400 g/mol. The summed E-state index contributed by atoms with van der Waals surface area (Å²) in [6.45, 7) is 5.63.